The molecule has 1 aliphatic heterocycles. The summed E-state index contributed by atoms with van der Waals surface area (Å²) in [7, 11) is 1.71. The lowest BCUT2D eigenvalue weighted by Crippen LogP contribution is -2.32. The van der Waals surface area contributed by atoms with Crippen LogP contribution in [0.2, 0.25) is 0 Å². The Labute approximate surface area is 202 Å². The van der Waals surface area contributed by atoms with Crippen LogP contribution in [-0.2, 0) is 0 Å². The van der Waals surface area contributed by atoms with Crippen LogP contribution in [0.5, 0.6) is 5.75 Å². The van der Waals surface area contributed by atoms with Crippen molar-refractivity contribution in [2.45, 2.75) is 19.4 Å². The third-order valence-corrected chi connectivity index (χ3v) is 6.44. The van der Waals surface area contributed by atoms with E-state index in [0.29, 0.717) is 0 Å². The van der Waals surface area contributed by atoms with Crippen LogP contribution in [-0.4, -0.2) is 7.11 Å². The van der Waals surface area contributed by atoms with Gasteiger partial charge in [-0.25, -0.2) is 0 Å². The summed E-state index contributed by atoms with van der Waals surface area (Å²) in [5.74, 6) is 0.864. The van der Waals surface area contributed by atoms with Crippen LogP contribution < -0.4 is 9.64 Å². The minimum Gasteiger partial charge on any atom is -0.497 e. The molecule has 0 radical (unpaired) electrons. The normalized spacial score (nSPS) is 15.8. The summed E-state index contributed by atoms with van der Waals surface area (Å²) in [6.45, 7) is 2.24. The van der Waals surface area contributed by atoms with Crippen molar-refractivity contribution in [1.29, 1.82) is 0 Å². The summed E-state index contributed by atoms with van der Waals surface area (Å²) >= 11 is 0. The highest BCUT2D eigenvalue weighted by Gasteiger charge is 2.33. The van der Waals surface area contributed by atoms with E-state index in [1.54, 1.807) is 7.11 Å². The topological polar surface area (TPSA) is 12.5 Å². The van der Waals surface area contributed by atoms with E-state index in [1.807, 2.05) is 12.1 Å². The van der Waals surface area contributed by atoms with Gasteiger partial charge in [0.25, 0.3) is 0 Å². The molecule has 0 aliphatic carbocycles. The van der Waals surface area contributed by atoms with Gasteiger partial charge in [-0.05, 0) is 64.6 Å². The molecular weight excluding hydrogens is 414 g/mol. The van der Waals surface area contributed by atoms with Crippen molar-refractivity contribution in [2.75, 3.05) is 12.0 Å². The van der Waals surface area contributed by atoms with Crippen molar-refractivity contribution in [3.63, 3.8) is 0 Å². The van der Waals surface area contributed by atoms with E-state index in [-0.39, 0.29) is 6.04 Å². The molecule has 168 valence electrons. The third-order valence-electron chi connectivity index (χ3n) is 6.44. The van der Waals surface area contributed by atoms with Gasteiger partial charge in [0, 0.05) is 11.4 Å². The van der Waals surface area contributed by atoms with Crippen molar-refractivity contribution in [2.24, 2.45) is 0 Å². The molecule has 0 bridgehead atoms. The average molecular weight is 444 g/mol. The first-order valence-electron chi connectivity index (χ1n) is 11.8. The van der Waals surface area contributed by atoms with Crippen LogP contribution in [0.4, 0.5) is 5.69 Å². The number of anilines is 1. The summed E-state index contributed by atoms with van der Waals surface area (Å²) < 4.78 is 5.44. The zero-order valence-electron chi connectivity index (χ0n) is 19.7. The molecule has 4 aromatic rings. The minimum atomic E-state index is 0.0344. The number of nitrogens with zero attached hydrogens (tertiary/aromatic N) is 1. The van der Waals surface area contributed by atoms with E-state index in [0.717, 1.165) is 17.9 Å². The lowest BCUT2D eigenvalue weighted by Gasteiger charge is -2.41. The third kappa shape index (κ3) is 4.15. The monoisotopic (exact) mass is 443 g/mol. The molecule has 2 heteroatoms. The Kier molecular flexibility index (Phi) is 6.31. The SMILES string of the molecule is CCC1=CC(c2ccccc2)=C(c2ccccc2)C(c2ccccc2)N1c1ccc(OC)cc1. The predicted molar refractivity (Wildman–Crippen MR) is 143 cm³/mol. The van der Waals surface area contributed by atoms with Crippen LogP contribution in [0.3, 0.4) is 0 Å². The Balaban J connectivity index is 1.81. The lowest BCUT2D eigenvalue weighted by atomic mass is 9.81. The summed E-state index contributed by atoms with van der Waals surface area (Å²) in [6.07, 6.45) is 3.30. The van der Waals surface area contributed by atoms with Crippen molar-refractivity contribution >= 4 is 16.8 Å². The van der Waals surface area contributed by atoms with Gasteiger partial charge in [-0.3, -0.25) is 0 Å². The number of benzene rings is 4. The molecule has 1 atom stereocenters. The molecule has 0 fully saturated rings. The van der Waals surface area contributed by atoms with E-state index in [1.165, 1.54) is 33.5 Å². The lowest BCUT2D eigenvalue weighted by molar-refractivity contribution is 0.415. The Morgan fingerprint density at radius 3 is 1.79 bits per heavy atom. The van der Waals surface area contributed by atoms with E-state index in [9.17, 15) is 0 Å². The maximum Gasteiger partial charge on any atom is 0.119 e. The smallest absolute Gasteiger partial charge is 0.119 e. The zero-order chi connectivity index (χ0) is 23.3. The van der Waals surface area contributed by atoms with Gasteiger partial charge in [0.2, 0.25) is 0 Å². The largest absolute Gasteiger partial charge is 0.497 e. The molecule has 4 aromatic carbocycles. The highest BCUT2D eigenvalue weighted by molar-refractivity contribution is 6.01. The fourth-order valence-corrected chi connectivity index (χ4v) is 4.82. The molecule has 1 aliphatic rings. The molecule has 5 rings (SSSR count). The second-order valence-electron chi connectivity index (χ2n) is 8.43. The van der Waals surface area contributed by atoms with E-state index >= 15 is 0 Å². The summed E-state index contributed by atoms with van der Waals surface area (Å²) in [6, 6.07) is 40.8. The maximum atomic E-state index is 5.44. The first-order valence-corrected chi connectivity index (χ1v) is 11.8. The molecule has 2 nitrogen and oxygen atoms in total. The van der Waals surface area contributed by atoms with Gasteiger partial charge in [0.1, 0.15) is 5.75 Å². The highest BCUT2D eigenvalue weighted by atomic mass is 16.5. The number of allylic oxidation sites excluding steroid dienone is 3. The highest BCUT2D eigenvalue weighted by Crippen LogP contribution is 2.48. The van der Waals surface area contributed by atoms with Gasteiger partial charge in [0.05, 0.1) is 13.2 Å². The molecule has 0 saturated carbocycles. The first kappa shape index (κ1) is 21.8. The van der Waals surface area contributed by atoms with Crippen LogP contribution in [0.1, 0.15) is 36.1 Å². The van der Waals surface area contributed by atoms with E-state index < -0.39 is 0 Å². The summed E-state index contributed by atoms with van der Waals surface area (Å²) in [5, 5.41) is 0. The van der Waals surface area contributed by atoms with Crippen LogP contribution >= 0.6 is 0 Å². The molecule has 0 spiro atoms. The second kappa shape index (κ2) is 9.84. The fraction of sp³-hybridized carbons (Fsp3) is 0.125. The fourth-order valence-electron chi connectivity index (χ4n) is 4.82. The minimum absolute atomic E-state index is 0.0344. The van der Waals surface area contributed by atoms with E-state index in [4.69, 9.17) is 4.74 Å². The van der Waals surface area contributed by atoms with Crippen LogP contribution in [0.25, 0.3) is 11.1 Å². The second-order valence-corrected chi connectivity index (χ2v) is 8.43. The zero-order valence-corrected chi connectivity index (χ0v) is 19.7. The molecular formula is C32H29NO. The number of methoxy groups -OCH3 is 1. The van der Waals surface area contributed by atoms with E-state index in [2.05, 4.69) is 121 Å². The van der Waals surface area contributed by atoms with Gasteiger partial charge in [-0.15, -0.1) is 0 Å². The maximum absolute atomic E-state index is 5.44. The summed E-state index contributed by atoms with van der Waals surface area (Å²) in [4.78, 5) is 2.49. The standard InChI is InChI=1S/C32H29NO/c1-3-27-23-30(24-13-7-4-8-14-24)31(25-15-9-5-10-16-25)32(26-17-11-6-12-18-26)33(27)28-19-21-29(34-2)22-20-28/h4-23,32H,3H2,1-2H3. The van der Waals surface area contributed by atoms with Gasteiger partial charge in [0.15, 0.2) is 0 Å². The van der Waals surface area contributed by atoms with Crippen molar-refractivity contribution in [3.8, 4) is 5.75 Å². The Morgan fingerprint density at radius 2 is 1.24 bits per heavy atom. The molecule has 34 heavy (non-hydrogen) atoms. The number of hydrogen-bond acceptors (Lipinski definition) is 2. The van der Waals surface area contributed by atoms with Gasteiger partial charge >= 0.3 is 0 Å². The number of rotatable bonds is 6. The van der Waals surface area contributed by atoms with Gasteiger partial charge < -0.3 is 9.64 Å². The number of hydrogen-bond donors (Lipinski definition) is 0. The molecule has 0 aromatic heterocycles. The molecule has 0 saturated heterocycles. The van der Waals surface area contributed by atoms with Crippen molar-refractivity contribution < 1.29 is 4.74 Å². The molecule has 1 unspecified atom stereocenters. The quantitative estimate of drug-likeness (QED) is 0.298. The average Bonchev–Trinajstić information content (AvgIpc) is 2.93. The van der Waals surface area contributed by atoms with Crippen molar-refractivity contribution in [1.82, 2.24) is 0 Å². The Morgan fingerprint density at radius 1 is 0.676 bits per heavy atom. The van der Waals surface area contributed by atoms with Gasteiger partial charge in [-0.2, -0.15) is 0 Å². The van der Waals surface area contributed by atoms with Gasteiger partial charge in [-0.1, -0.05) is 97.9 Å². The van der Waals surface area contributed by atoms with Crippen LogP contribution in [0, 0.1) is 0 Å². The number of ether oxygens (including phenoxy) is 1. The molecule has 0 amide bonds. The first-order chi connectivity index (χ1) is 16.8. The predicted octanol–water partition coefficient (Wildman–Crippen LogP) is 8.16. The van der Waals surface area contributed by atoms with Crippen molar-refractivity contribution in [3.05, 3.63) is 144 Å². The molecule has 0 N–H and O–H groups in total. The Bertz CT molecular complexity index is 1290. The molecule has 1 heterocycles. The van der Waals surface area contributed by atoms with Crippen LogP contribution in [0.15, 0.2) is 127 Å². The summed E-state index contributed by atoms with van der Waals surface area (Å²) in [5.41, 5.74) is 8.78. The Hall–Kier alpha value is -4.04.